The van der Waals surface area contributed by atoms with Crippen LogP contribution in [0.25, 0.3) is 10.2 Å². The minimum atomic E-state index is -0.200. The molecule has 0 aliphatic rings. The second-order valence-electron chi connectivity index (χ2n) is 7.22. The highest BCUT2D eigenvalue weighted by Crippen LogP contribution is 2.36. The van der Waals surface area contributed by atoms with E-state index in [0.717, 1.165) is 28.7 Å². The lowest BCUT2D eigenvalue weighted by atomic mass is 10.1. The summed E-state index contributed by atoms with van der Waals surface area (Å²) in [6, 6.07) is 9.04. The van der Waals surface area contributed by atoms with Gasteiger partial charge in [0.2, 0.25) is 0 Å². The van der Waals surface area contributed by atoms with Gasteiger partial charge in [-0.1, -0.05) is 29.0 Å². The molecule has 2 aromatic carbocycles. The monoisotopic (exact) mass is 470 g/mol. The highest BCUT2D eigenvalue weighted by Gasteiger charge is 2.26. The van der Waals surface area contributed by atoms with Gasteiger partial charge in [0.25, 0.3) is 5.91 Å². The van der Waals surface area contributed by atoms with Crippen molar-refractivity contribution in [1.29, 1.82) is 0 Å². The summed E-state index contributed by atoms with van der Waals surface area (Å²) in [4.78, 5) is 24.3. The SMILES string of the molecule is COc1cccc(C(=O)N(CCCn2ccnc2)c2nc3c(C)cc(Cl)cc3s2)c1OC. The molecule has 166 valence electrons. The van der Waals surface area contributed by atoms with Crippen molar-refractivity contribution in [1.82, 2.24) is 14.5 Å². The standard InChI is InChI=1S/C23H23ClN4O3S/c1-15-12-16(24)13-19-20(15)26-23(32-19)28(10-5-9-27-11-8-25-14-27)22(29)17-6-4-7-18(30-2)21(17)31-3/h4,6-8,11-14H,5,9-10H2,1-3H3. The highest BCUT2D eigenvalue weighted by molar-refractivity contribution is 7.22. The van der Waals surface area contributed by atoms with Crippen molar-refractivity contribution in [3.05, 3.63) is 65.2 Å². The smallest absolute Gasteiger partial charge is 0.263 e. The fourth-order valence-corrected chi connectivity index (χ4v) is 5.02. The molecule has 2 heterocycles. The van der Waals surface area contributed by atoms with E-state index in [1.807, 2.05) is 29.8 Å². The molecule has 4 rings (SSSR count). The molecule has 0 spiro atoms. The zero-order chi connectivity index (χ0) is 22.7. The molecule has 0 unspecified atom stereocenters. The molecule has 32 heavy (non-hydrogen) atoms. The number of carbonyl (C=O) groups excluding carboxylic acids is 1. The molecule has 4 aromatic rings. The molecule has 0 N–H and O–H groups in total. The zero-order valence-electron chi connectivity index (χ0n) is 18.0. The Morgan fingerprint density at radius 1 is 1.25 bits per heavy atom. The zero-order valence-corrected chi connectivity index (χ0v) is 19.6. The number of hydrogen-bond acceptors (Lipinski definition) is 6. The van der Waals surface area contributed by atoms with E-state index in [-0.39, 0.29) is 5.91 Å². The van der Waals surface area contributed by atoms with Gasteiger partial charge in [-0.2, -0.15) is 0 Å². The molecule has 1 amide bonds. The number of fused-ring (bicyclic) bond motifs is 1. The largest absolute Gasteiger partial charge is 0.493 e. The number of amides is 1. The van der Waals surface area contributed by atoms with Gasteiger partial charge in [-0.15, -0.1) is 0 Å². The highest BCUT2D eigenvalue weighted by atomic mass is 35.5. The molecular formula is C23H23ClN4O3S. The summed E-state index contributed by atoms with van der Waals surface area (Å²) < 4.78 is 13.8. The van der Waals surface area contributed by atoms with Gasteiger partial charge in [-0.25, -0.2) is 9.97 Å². The van der Waals surface area contributed by atoms with E-state index < -0.39 is 0 Å². The lowest BCUT2D eigenvalue weighted by molar-refractivity contribution is 0.0982. The van der Waals surface area contributed by atoms with Crippen molar-refractivity contribution in [2.45, 2.75) is 19.9 Å². The quantitative estimate of drug-likeness (QED) is 0.353. The van der Waals surface area contributed by atoms with Crippen LogP contribution in [0.15, 0.2) is 49.1 Å². The average Bonchev–Trinajstić information content (AvgIpc) is 3.45. The maximum absolute atomic E-state index is 13.7. The number of benzene rings is 2. The Morgan fingerprint density at radius 2 is 2.09 bits per heavy atom. The number of para-hydroxylation sites is 1. The van der Waals surface area contributed by atoms with E-state index in [9.17, 15) is 4.79 Å². The van der Waals surface area contributed by atoms with Crippen LogP contribution in [-0.2, 0) is 6.54 Å². The maximum Gasteiger partial charge on any atom is 0.263 e. The Hall–Kier alpha value is -3.10. The third kappa shape index (κ3) is 4.42. The average molecular weight is 471 g/mol. The molecule has 9 heteroatoms. The lowest BCUT2D eigenvalue weighted by Gasteiger charge is -2.22. The van der Waals surface area contributed by atoms with Gasteiger partial charge < -0.3 is 14.0 Å². The van der Waals surface area contributed by atoms with Gasteiger partial charge in [0.05, 0.1) is 36.3 Å². The van der Waals surface area contributed by atoms with Crippen LogP contribution in [0, 0.1) is 6.92 Å². The number of halogens is 1. The van der Waals surface area contributed by atoms with Crippen LogP contribution in [0.5, 0.6) is 11.5 Å². The fourth-order valence-electron chi connectivity index (χ4n) is 3.57. The van der Waals surface area contributed by atoms with Crippen molar-refractivity contribution in [2.24, 2.45) is 0 Å². The van der Waals surface area contributed by atoms with Gasteiger partial charge in [-0.05, 0) is 43.2 Å². The maximum atomic E-state index is 13.7. The normalized spacial score (nSPS) is 11.0. The van der Waals surface area contributed by atoms with Crippen molar-refractivity contribution < 1.29 is 14.3 Å². The van der Waals surface area contributed by atoms with Gasteiger partial charge in [0.15, 0.2) is 16.6 Å². The predicted molar refractivity (Wildman–Crippen MR) is 127 cm³/mol. The Kier molecular flexibility index (Phi) is 6.62. The van der Waals surface area contributed by atoms with Gasteiger partial charge in [0, 0.05) is 30.5 Å². The minimum Gasteiger partial charge on any atom is -0.493 e. The van der Waals surface area contributed by atoms with E-state index in [0.29, 0.717) is 33.8 Å². The lowest BCUT2D eigenvalue weighted by Crippen LogP contribution is -2.32. The van der Waals surface area contributed by atoms with E-state index in [1.54, 1.807) is 42.7 Å². The van der Waals surface area contributed by atoms with E-state index in [1.165, 1.54) is 18.4 Å². The first kappa shape index (κ1) is 22.1. The summed E-state index contributed by atoms with van der Waals surface area (Å²) >= 11 is 7.69. The summed E-state index contributed by atoms with van der Waals surface area (Å²) in [7, 11) is 3.08. The molecule has 0 fully saturated rings. The fraction of sp³-hybridized carbons (Fsp3) is 0.261. The second-order valence-corrected chi connectivity index (χ2v) is 8.66. The summed E-state index contributed by atoms with van der Waals surface area (Å²) in [5.41, 5.74) is 2.24. The Morgan fingerprint density at radius 3 is 2.81 bits per heavy atom. The second kappa shape index (κ2) is 9.58. The molecule has 2 aromatic heterocycles. The van der Waals surface area contributed by atoms with E-state index in [2.05, 4.69) is 4.98 Å². The number of thiazole rings is 1. The van der Waals surface area contributed by atoms with Crippen molar-refractivity contribution in [3.63, 3.8) is 0 Å². The summed E-state index contributed by atoms with van der Waals surface area (Å²) in [5.74, 6) is 0.706. The summed E-state index contributed by atoms with van der Waals surface area (Å²) in [6.07, 6.45) is 6.13. The van der Waals surface area contributed by atoms with Crippen LogP contribution in [0.4, 0.5) is 5.13 Å². The number of imidazole rings is 1. The number of aryl methyl sites for hydroxylation is 2. The first-order valence-corrected chi connectivity index (χ1v) is 11.3. The molecule has 7 nitrogen and oxygen atoms in total. The molecule has 0 radical (unpaired) electrons. The number of nitrogens with zero attached hydrogens (tertiary/aromatic N) is 4. The summed E-state index contributed by atoms with van der Waals surface area (Å²) in [6.45, 7) is 3.17. The number of carbonyl (C=O) groups is 1. The molecular weight excluding hydrogens is 448 g/mol. The molecule has 0 atom stereocenters. The topological polar surface area (TPSA) is 69.5 Å². The first-order chi connectivity index (χ1) is 15.5. The number of rotatable bonds is 8. The van der Waals surface area contributed by atoms with Gasteiger partial charge >= 0.3 is 0 Å². The third-order valence-corrected chi connectivity index (χ3v) is 6.35. The Bertz CT molecular complexity index is 1240. The first-order valence-electron chi connectivity index (χ1n) is 10.1. The van der Waals surface area contributed by atoms with Gasteiger partial charge in [-0.3, -0.25) is 9.69 Å². The molecule has 0 bridgehead atoms. The Balaban J connectivity index is 1.72. The molecule has 0 aliphatic carbocycles. The molecule has 0 saturated heterocycles. The summed E-state index contributed by atoms with van der Waals surface area (Å²) in [5, 5.41) is 1.27. The van der Waals surface area contributed by atoms with Crippen LogP contribution < -0.4 is 14.4 Å². The number of ether oxygens (including phenoxy) is 2. The predicted octanol–water partition coefficient (Wildman–Crippen LogP) is 5.21. The third-order valence-electron chi connectivity index (χ3n) is 5.11. The van der Waals surface area contributed by atoms with Crippen LogP contribution in [0.1, 0.15) is 22.3 Å². The number of aromatic nitrogens is 3. The van der Waals surface area contributed by atoms with Crippen molar-refractivity contribution in [2.75, 3.05) is 25.7 Å². The Labute approximate surface area is 195 Å². The van der Waals surface area contributed by atoms with Gasteiger partial charge in [0.1, 0.15) is 0 Å². The van der Waals surface area contributed by atoms with Crippen molar-refractivity contribution >= 4 is 44.2 Å². The van der Waals surface area contributed by atoms with Crippen LogP contribution in [0.2, 0.25) is 5.02 Å². The van der Waals surface area contributed by atoms with Crippen LogP contribution in [0.3, 0.4) is 0 Å². The number of anilines is 1. The molecule has 0 saturated carbocycles. The van der Waals surface area contributed by atoms with Crippen LogP contribution >= 0.6 is 22.9 Å². The number of hydrogen-bond donors (Lipinski definition) is 0. The molecule has 0 aliphatic heterocycles. The van der Waals surface area contributed by atoms with Crippen molar-refractivity contribution in [3.8, 4) is 11.5 Å². The van der Waals surface area contributed by atoms with E-state index >= 15 is 0 Å². The number of methoxy groups -OCH3 is 2. The van der Waals surface area contributed by atoms with E-state index in [4.69, 9.17) is 26.1 Å². The minimum absolute atomic E-state index is 0.200. The van der Waals surface area contributed by atoms with Crippen LogP contribution in [-0.4, -0.2) is 41.2 Å².